The minimum Gasteiger partial charge on any atom is -0.343 e. The van der Waals surface area contributed by atoms with E-state index in [1.807, 2.05) is 0 Å². The van der Waals surface area contributed by atoms with E-state index in [-0.39, 0.29) is 12.1 Å². The van der Waals surface area contributed by atoms with Gasteiger partial charge in [0, 0.05) is 18.7 Å². The molecule has 184 valence electrons. The molecule has 2 atom stereocenters. The third kappa shape index (κ3) is 6.50. The maximum Gasteiger partial charge on any atom is 0.315 e. The second kappa shape index (κ2) is 11.9. The minimum absolute atomic E-state index is 0.215. The Balaban J connectivity index is 2.05. The molecule has 0 aromatic heterocycles. The summed E-state index contributed by atoms with van der Waals surface area (Å²) >= 11 is 0. The highest BCUT2D eigenvalue weighted by atomic mass is 16.6. The highest BCUT2D eigenvalue weighted by Crippen LogP contribution is 2.30. The van der Waals surface area contributed by atoms with Crippen molar-refractivity contribution in [3.63, 3.8) is 0 Å². The van der Waals surface area contributed by atoms with E-state index in [1.54, 1.807) is 60.7 Å². The number of hydrogen-bond acceptors (Lipinski definition) is 6. The van der Waals surface area contributed by atoms with Crippen LogP contribution in [0.2, 0.25) is 0 Å². The normalized spacial score (nSPS) is 12.0. The standard InChI is InChI=1S/C25H23N5O6/c1-2-13-26-25(32)28-23(18-11-7-4-8-12-18)22(17-9-5-3-6-10-17)27-24(31)19-14-20(29(33)34)16-21(15-19)30(35)36/h2-12,14-16,22-23H,1,13H2,(H,27,31)(H2,26,28,32)/t22?,23-/m1/s1. The smallest absolute Gasteiger partial charge is 0.315 e. The van der Waals surface area contributed by atoms with Crippen molar-refractivity contribution in [1.29, 1.82) is 0 Å². The summed E-state index contributed by atoms with van der Waals surface area (Å²) < 4.78 is 0. The zero-order valence-electron chi connectivity index (χ0n) is 19.0. The van der Waals surface area contributed by atoms with Crippen molar-refractivity contribution in [1.82, 2.24) is 16.0 Å². The molecule has 0 saturated carbocycles. The van der Waals surface area contributed by atoms with Gasteiger partial charge in [-0.1, -0.05) is 66.7 Å². The molecule has 3 amide bonds. The first-order valence-corrected chi connectivity index (χ1v) is 10.8. The summed E-state index contributed by atoms with van der Waals surface area (Å²) in [6, 6.07) is 18.3. The van der Waals surface area contributed by atoms with Crippen LogP contribution in [0.25, 0.3) is 0 Å². The van der Waals surface area contributed by atoms with Gasteiger partial charge in [0.15, 0.2) is 0 Å². The lowest BCUT2D eigenvalue weighted by Crippen LogP contribution is -2.44. The van der Waals surface area contributed by atoms with Crippen LogP contribution in [0, 0.1) is 20.2 Å². The summed E-state index contributed by atoms with van der Waals surface area (Å²) in [6.45, 7) is 3.78. The van der Waals surface area contributed by atoms with Crippen LogP contribution in [0.15, 0.2) is 91.5 Å². The van der Waals surface area contributed by atoms with Gasteiger partial charge < -0.3 is 16.0 Å². The van der Waals surface area contributed by atoms with Crippen LogP contribution in [-0.4, -0.2) is 28.3 Å². The number of urea groups is 1. The summed E-state index contributed by atoms with van der Waals surface area (Å²) in [5, 5.41) is 30.9. The van der Waals surface area contributed by atoms with Gasteiger partial charge in [-0.2, -0.15) is 0 Å². The van der Waals surface area contributed by atoms with E-state index in [0.717, 1.165) is 18.2 Å². The average molecular weight is 489 g/mol. The van der Waals surface area contributed by atoms with Gasteiger partial charge in [0.1, 0.15) is 0 Å². The minimum atomic E-state index is -0.839. The number of amides is 3. The number of carbonyl (C=O) groups is 2. The summed E-state index contributed by atoms with van der Waals surface area (Å²) in [5.74, 6) is -0.787. The number of rotatable bonds is 10. The van der Waals surface area contributed by atoms with Gasteiger partial charge in [-0.25, -0.2) is 4.79 Å². The second-order valence-electron chi connectivity index (χ2n) is 7.65. The van der Waals surface area contributed by atoms with E-state index < -0.39 is 45.2 Å². The Morgan fingerprint density at radius 1 is 0.806 bits per heavy atom. The van der Waals surface area contributed by atoms with Gasteiger partial charge >= 0.3 is 6.03 Å². The largest absolute Gasteiger partial charge is 0.343 e. The van der Waals surface area contributed by atoms with E-state index >= 15 is 0 Å². The molecule has 11 nitrogen and oxygen atoms in total. The summed E-state index contributed by atoms with van der Waals surface area (Å²) in [6.07, 6.45) is 1.52. The highest BCUT2D eigenvalue weighted by molar-refractivity contribution is 5.96. The Labute approximate surface area is 206 Å². The van der Waals surface area contributed by atoms with Crippen molar-refractivity contribution in [3.8, 4) is 0 Å². The molecule has 0 fully saturated rings. The predicted molar refractivity (Wildman–Crippen MR) is 132 cm³/mol. The monoisotopic (exact) mass is 489 g/mol. The zero-order chi connectivity index (χ0) is 26.1. The molecule has 0 saturated heterocycles. The first-order valence-electron chi connectivity index (χ1n) is 10.8. The zero-order valence-corrected chi connectivity index (χ0v) is 19.0. The summed E-state index contributed by atoms with van der Waals surface area (Å²) in [7, 11) is 0. The third-order valence-electron chi connectivity index (χ3n) is 5.22. The van der Waals surface area contributed by atoms with Gasteiger partial charge in [0.2, 0.25) is 0 Å². The molecular weight excluding hydrogens is 466 g/mol. The number of carbonyl (C=O) groups excluding carboxylic acids is 2. The van der Waals surface area contributed by atoms with Gasteiger partial charge in [-0.05, 0) is 11.1 Å². The number of non-ortho nitro benzene ring substituents is 2. The number of nitrogens with one attached hydrogen (secondary N) is 3. The molecule has 0 aliphatic carbocycles. The van der Waals surface area contributed by atoms with Crippen LogP contribution in [0.3, 0.4) is 0 Å². The van der Waals surface area contributed by atoms with Crippen LogP contribution in [0.4, 0.5) is 16.2 Å². The fourth-order valence-corrected chi connectivity index (χ4v) is 3.56. The Kier molecular flexibility index (Phi) is 8.44. The topological polar surface area (TPSA) is 157 Å². The molecule has 3 rings (SSSR count). The van der Waals surface area contributed by atoms with Crippen LogP contribution < -0.4 is 16.0 Å². The van der Waals surface area contributed by atoms with E-state index in [9.17, 15) is 29.8 Å². The SMILES string of the molecule is C=CCNC(=O)N[C@H](c1ccccc1)C(NC(=O)c1cc([N+](=O)[O-])cc([N+](=O)[O-])c1)c1ccccc1. The number of hydrogen-bond donors (Lipinski definition) is 3. The Hall–Kier alpha value is -5.06. The lowest BCUT2D eigenvalue weighted by molar-refractivity contribution is -0.394. The lowest BCUT2D eigenvalue weighted by atomic mass is 9.93. The van der Waals surface area contributed by atoms with Gasteiger partial charge in [-0.15, -0.1) is 6.58 Å². The van der Waals surface area contributed by atoms with Crippen molar-refractivity contribution < 1.29 is 19.4 Å². The lowest BCUT2D eigenvalue weighted by Gasteiger charge is -2.30. The van der Waals surface area contributed by atoms with Crippen LogP contribution in [0.5, 0.6) is 0 Å². The number of nitro benzene ring substituents is 2. The molecule has 0 aliphatic heterocycles. The Morgan fingerprint density at radius 3 is 1.72 bits per heavy atom. The van der Waals surface area contributed by atoms with E-state index in [0.29, 0.717) is 11.1 Å². The molecule has 3 aromatic rings. The first kappa shape index (κ1) is 25.6. The van der Waals surface area contributed by atoms with Crippen molar-refractivity contribution in [2.75, 3.05) is 6.54 Å². The quantitative estimate of drug-likeness (QED) is 0.220. The molecule has 11 heteroatoms. The molecule has 36 heavy (non-hydrogen) atoms. The van der Waals surface area contributed by atoms with E-state index in [2.05, 4.69) is 22.5 Å². The predicted octanol–water partition coefficient (Wildman–Crippen LogP) is 4.20. The molecule has 0 aliphatic rings. The molecule has 0 radical (unpaired) electrons. The molecule has 0 bridgehead atoms. The summed E-state index contributed by atoms with van der Waals surface area (Å²) in [4.78, 5) is 46.8. The molecule has 3 aromatic carbocycles. The van der Waals surface area contributed by atoms with Crippen LogP contribution in [-0.2, 0) is 0 Å². The Morgan fingerprint density at radius 2 is 1.28 bits per heavy atom. The van der Waals surface area contributed by atoms with E-state index in [1.165, 1.54) is 6.08 Å². The van der Waals surface area contributed by atoms with E-state index in [4.69, 9.17) is 0 Å². The van der Waals surface area contributed by atoms with Crippen molar-refractivity contribution >= 4 is 23.3 Å². The highest BCUT2D eigenvalue weighted by Gasteiger charge is 2.29. The molecule has 3 N–H and O–H groups in total. The Bertz CT molecular complexity index is 1230. The van der Waals surface area contributed by atoms with Gasteiger partial charge in [-0.3, -0.25) is 25.0 Å². The number of nitro groups is 2. The first-order chi connectivity index (χ1) is 17.3. The average Bonchev–Trinajstić information content (AvgIpc) is 2.89. The summed E-state index contributed by atoms with van der Waals surface area (Å²) in [5.41, 5.74) is -0.145. The third-order valence-corrected chi connectivity index (χ3v) is 5.22. The molecule has 1 unspecified atom stereocenters. The van der Waals surface area contributed by atoms with Crippen molar-refractivity contribution in [3.05, 3.63) is 128 Å². The van der Waals surface area contributed by atoms with Crippen LogP contribution >= 0.6 is 0 Å². The van der Waals surface area contributed by atoms with Crippen molar-refractivity contribution in [2.45, 2.75) is 12.1 Å². The van der Waals surface area contributed by atoms with Gasteiger partial charge in [0.05, 0.1) is 33.6 Å². The fraction of sp³-hybridized carbons (Fsp3) is 0.120. The van der Waals surface area contributed by atoms with Crippen molar-refractivity contribution in [2.24, 2.45) is 0 Å². The fourth-order valence-electron chi connectivity index (χ4n) is 3.56. The number of nitrogens with zero attached hydrogens (tertiary/aromatic N) is 2. The molecular formula is C25H23N5O6. The second-order valence-corrected chi connectivity index (χ2v) is 7.65. The number of benzene rings is 3. The maximum atomic E-state index is 13.3. The van der Waals surface area contributed by atoms with Gasteiger partial charge in [0.25, 0.3) is 17.3 Å². The molecule has 0 heterocycles. The molecule has 0 spiro atoms. The van der Waals surface area contributed by atoms with Crippen LogP contribution in [0.1, 0.15) is 33.6 Å². The maximum absolute atomic E-state index is 13.3.